The van der Waals surface area contributed by atoms with Gasteiger partial charge in [-0.2, -0.15) is 0 Å². The Morgan fingerprint density at radius 2 is 0.833 bits per heavy atom. The summed E-state index contributed by atoms with van der Waals surface area (Å²) in [5, 5.41) is 4.57. The minimum atomic E-state index is -0.121. The molecule has 0 fully saturated rings. The fraction of sp³-hybridized carbons (Fsp3) is 0.103. The normalized spacial score (nSPS) is 14.3. The zero-order valence-electron chi connectivity index (χ0n) is 34.3. The number of anilines is 3. The summed E-state index contributed by atoms with van der Waals surface area (Å²) in [4.78, 5) is 2.46. The molecule has 0 radical (unpaired) electrons. The Morgan fingerprint density at radius 3 is 1.45 bits per heavy atom. The highest BCUT2D eigenvalue weighted by atomic mass is 16.3. The first kappa shape index (κ1) is 34.8. The SMILES string of the molecule is CC1(C)c2ccccc2-c2ccc(N(c3ccc(-c4c(-c5ccccc5)c5c6ccccc6oc5c5ccccc45)cc3)c3ccc4c(c3)C(C)(C)c3ccccc3-4)cc21. The van der Waals surface area contributed by atoms with Gasteiger partial charge in [-0.25, -0.2) is 0 Å². The van der Waals surface area contributed by atoms with Crippen LogP contribution in [-0.4, -0.2) is 0 Å². The molecule has 0 N–H and O–H groups in total. The lowest BCUT2D eigenvalue weighted by Gasteiger charge is -2.30. The summed E-state index contributed by atoms with van der Waals surface area (Å²) < 4.78 is 6.69. The maximum absolute atomic E-state index is 6.69. The van der Waals surface area contributed by atoms with Gasteiger partial charge in [-0.15, -0.1) is 0 Å². The van der Waals surface area contributed by atoms with Crippen molar-refractivity contribution in [2.45, 2.75) is 38.5 Å². The van der Waals surface area contributed by atoms with E-state index in [0.717, 1.165) is 50.0 Å². The van der Waals surface area contributed by atoms with Gasteiger partial charge in [0.05, 0.1) is 0 Å². The van der Waals surface area contributed by atoms with Crippen LogP contribution in [0.4, 0.5) is 17.1 Å². The lowest BCUT2D eigenvalue weighted by Crippen LogP contribution is -2.18. The number of fused-ring (bicyclic) bond motifs is 11. The largest absolute Gasteiger partial charge is 0.455 e. The van der Waals surface area contributed by atoms with Crippen LogP contribution in [0.3, 0.4) is 0 Å². The fourth-order valence-corrected chi connectivity index (χ4v) is 10.7. The second-order valence-corrected chi connectivity index (χ2v) is 17.6. The average Bonchev–Trinajstić information content (AvgIpc) is 3.87. The van der Waals surface area contributed by atoms with Gasteiger partial charge in [0.1, 0.15) is 11.2 Å². The van der Waals surface area contributed by atoms with Gasteiger partial charge >= 0.3 is 0 Å². The van der Waals surface area contributed by atoms with Gasteiger partial charge in [-0.1, -0.05) is 173 Å². The Bertz CT molecular complexity index is 3260. The van der Waals surface area contributed by atoms with Gasteiger partial charge < -0.3 is 9.32 Å². The predicted octanol–water partition coefficient (Wildman–Crippen LogP) is 16.2. The van der Waals surface area contributed by atoms with Crippen LogP contribution in [0.2, 0.25) is 0 Å². The van der Waals surface area contributed by atoms with Gasteiger partial charge in [0, 0.05) is 49.6 Å². The standard InChI is InChI=1S/C58H43NO/c1-57(2)48-23-13-10-18-41(48)43-32-30-39(34-50(43)57)59(40-31-33-44-42-19-11-14-24-49(42)58(3,4)51(44)35-40)38-28-26-37(27-29-38)53-45-20-8-9-21-46(45)56-55(47-22-12-15-25-52(47)60-56)54(53)36-16-6-5-7-17-36/h5-35H,1-4H3. The molecule has 2 heteroatoms. The maximum Gasteiger partial charge on any atom is 0.143 e. The first-order chi connectivity index (χ1) is 29.3. The van der Waals surface area contributed by atoms with Crippen LogP contribution >= 0.6 is 0 Å². The molecule has 286 valence electrons. The van der Waals surface area contributed by atoms with Gasteiger partial charge in [0.2, 0.25) is 0 Å². The Labute approximate surface area is 351 Å². The van der Waals surface area contributed by atoms with Crippen LogP contribution in [0.5, 0.6) is 0 Å². The molecule has 0 atom stereocenters. The molecule has 12 rings (SSSR count). The lowest BCUT2D eigenvalue weighted by atomic mass is 9.82. The monoisotopic (exact) mass is 769 g/mol. The van der Waals surface area contributed by atoms with Crippen molar-refractivity contribution in [2.75, 3.05) is 4.90 Å². The van der Waals surface area contributed by atoms with E-state index >= 15 is 0 Å². The molecular weight excluding hydrogens is 727 g/mol. The zero-order chi connectivity index (χ0) is 40.3. The van der Waals surface area contributed by atoms with Crippen molar-refractivity contribution >= 4 is 49.8 Å². The molecule has 2 aliphatic carbocycles. The third-order valence-electron chi connectivity index (χ3n) is 13.7. The summed E-state index contributed by atoms with van der Waals surface area (Å²) in [5.74, 6) is 0. The summed E-state index contributed by atoms with van der Waals surface area (Å²) >= 11 is 0. The van der Waals surface area contributed by atoms with E-state index in [1.54, 1.807) is 0 Å². The Morgan fingerprint density at radius 1 is 0.367 bits per heavy atom. The van der Waals surface area contributed by atoms with Gasteiger partial charge in [0.15, 0.2) is 0 Å². The van der Waals surface area contributed by atoms with Crippen LogP contribution in [0, 0.1) is 0 Å². The Kier molecular flexibility index (Phi) is 7.36. The highest BCUT2D eigenvalue weighted by Gasteiger charge is 2.38. The van der Waals surface area contributed by atoms with Gasteiger partial charge in [-0.05, 0) is 109 Å². The second-order valence-electron chi connectivity index (χ2n) is 17.6. The number of benzene rings is 9. The summed E-state index contributed by atoms with van der Waals surface area (Å²) in [7, 11) is 0. The highest BCUT2D eigenvalue weighted by Crippen LogP contribution is 2.54. The zero-order valence-corrected chi connectivity index (χ0v) is 34.3. The molecule has 0 saturated heterocycles. The molecule has 60 heavy (non-hydrogen) atoms. The fourth-order valence-electron chi connectivity index (χ4n) is 10.7. The van der Waals surface area contributed by atoms with Crippen molar-refractivity contribution in [1.29, 1.82) is 0 Å². The predicted molar refractivity (Wildman–Crippen MR) is 252 cm³/mol. The summed E-state index contributed by atoms with van der Waals surface area (Å²) in [6, 6.07) is 69.3. The van der Waals surface area contributed by atoms with Crippen molar-refractivity contribution in [2.24, 2.45) is 0 Å². The van der Waals surface area contributed by atoms with Crippen molar-refractivity contribution < 1.29 is 4.42 Å². The van der Waals surface area contributed by atoms with E-state index in [0.29, 0.717) is 0 Å². The van der Waals surface area contributed by atoms with E-state index < -0.39 is 0 Å². The highest BCUT2D eigenvalue weighted by molar-refractivity contribution is 6.26. The quantitative estimate of drug-likeness (QED) is 0.173. The third kappa shape index (κ3) is 4.88. The van der Waals surface area contributed by atoms with E-state index in [2.05, 4.69) is 221 Å². The molecule has 0 amide bonds. The molecule has 2 aliphatic rings. The number of furan rings is 1. The van der Waals surface area contributed by atoms with E-state index in [-0.39, 0.29) is 10.8 Å². The van der Waals surface area contributed by atoms with E-state index in [9.17, 15) is 0 Å². The van der Waals surface area contributed by atoms with Crippen molar-refractivity contribution in [3.63, 3.8) is 0 Å². The molecule has 0 aliphatic heterocycles. The topological polar surface area (TPSA) is 16.4 Å². The first-order valence-corrected chi connectivity index (χ1v) is 21.1. The van der Waals surface area contributed by atoms with Crippen LogP contribution in [0.15, 0.2) is 192 Å². The van der Waals surface area contributed by atoms with E-state index in [1.807, 2.05) is 0 Å². The molecule has 9 aromatic carbocycles. The maximum atomic E-state index is 6.69. The van der Waals surface area contributed by atoms with Gasteiger partial charge in [0.25, 0.3) is 0 Å². The number of hydrogen-bond acceptors (Lipinski definition) is 2. The van der Waals surface area contributed by atoms with Crippen LogP contribution in [0.25, 0.3) is 77.2 Å². The van der Waals surface area contributed by atoms with Crippen LogP contribution in [0.1, 0.15) is 49.9 Å². The summed E-state index contributed by atoms with van der Waals surface area (Å²) in [5.41, 5.74) is 20.5. The van der Waals surface area contributed by atoms with E-state index in [4.69, 9.17) is 4.42 Å². The smallest absolute Gasteiger partial charge is 0.143 e. The summed E-state index contributed by atoms with van der Waals surface area (Å²) in [6.07, 6.45) is 0. The minimum absolute atomic E-state index is 0.121. The number of rotatable bonds is 5. The molecule has 0 bridgehead atoms. The van der Waals surface area contributed by atoms with Crippen molar-refractivity contribution in [3.8, 4) is 44.5 Å². The van der Waals surface area contributed by atoms with Crippen molar-refractivity contribution in [1.82, 2.24) is 0 Å². The third-order valence-corrected chi connectivity index (χ3v) is 13.7. The second kappa shape index (κ2) is 12.7. The average molecular weight is 770 g/mol. The molecule has 1 aromatic heterocycles. The van der Waals surface area contributed by atoms with Crippen molar-refractivity contribution in [3.05, 3.63) is 210 Å². The Balaban J connectivity index is 1.08. The van der Waals surface area contributed by atoms with Gasteiger partial charge in [-0.3, -0.25) is 0 Å². The molecule has 2 nitrogen and oxygen atoms in total. The molecule has 0 unspecified atom stereocenters. The molecule has 0 saturated carbocycles. The van der Waals surface area contributed by atoms with Crippen LogP contribution in [-0.2, 0) is 10.8 Å². The Hall–Kier alpha value is -7.16. The number of para-hydroxylation sites is 1. The number of nitrogens with zero attached hydrogens (tertiary/aromatic N) is 1. The minimum Gasteiger partial charge on any atom is -0.455 e. The lowest BCUT2D eigenvalue weighted by molar-refractivity contribution is 0.660. The summed E-state index contributed by atoms with van der Waals surface area (Å²) in [6.45, 7) is 9.46. The molecular formula is C58H43NO. The van der Waals surface area contributed by atoms with E-state index in [1.165, 1.54) is 66.6 Å². The molecule has 0 spiro atoms. The van der Waals surface area contributed by atoms with Crippen LogP contribution < -0.4 is 4.90 Å². The molecule has 1 heterocycles. The first-order valence-electron chi connectivity index (χ1n) is 21.1. The molecule has 10 aromatic rings. The number of hydrogen-bond donors (Lipinski definition) is 0.